The largest absolute Gasteiger partial charge is 0.353 e. The lowest BCUT2D eigenvalue weighted by Gasteiger charge is -2.35. The molecular weight excluding hydrogens is 370 g/mol. The Balaban J connectivity index is 1.19. The zero-order valence-corrected chi connectivity index (χ0v) is 16.2. The van der Waals surface area contributed by atoms with Crippen LogP contribution in [0.15, 0.2) is 36.4 Å². The van der Waals surface area contributed by atoms with Crippen molar-refractivity contribution in [2.75, 3.05) is 44.2 Å². The number of piperazine rings is 1. The first-order valence-corrected chi connectivity index (χ1v) is 9.73. The van der Waals surface area contributed by atoms with Gasteiger partial charge in [0.2, 0.25) is 0 Å². The summed E-state index contributed by atoms with van der Waals surface area (Å²) in [6.07, 6.45) is 0. The summed E-state index contributed by atoms with van der Waals surface area (Å²) in [6, 6.07) is 10.9. The number of nitrogens with zero attached hydrogens (tertiary/aromatic N) is 7. The molecule has 9 heteroatoms. The highest BCUT2D eigenvalue weighted by Gasteiger charge is 2.35. The second kappa shape index (κ2) is 6.93. The van der Waals surface area contributed by atoms with Crippen LogP contribution in [0.4, 0.5) is 5.82 Å². The van der Waals surface area contributed by atoms with E-state index in [4.69, 9.17) is 0 Å². The molecule has 0 spiro atoms. The number of carbonyl (C=O) groups is 2. The SMILES string of the molecule is Cc1nnc2ccc(N3CCN(CCN4C(=O)c5ccccc5C4=O)CC3)nn12. The third kappa shape index (κ3) is 3.03. The Labute approximate surface area is 167 Å². The van der Waals surface area contributed by atoms with Crippen molar-refractivity contribution < 1.29 is 9.59 Å². The van der Waals surface area contributed by atoms with Gasteiger partial charge in [-0.3, -0.25) is 19.4 Å². The van der Waals surface area contributed by atoms with E-state index in [2.05, 4.69) is 25.1 Å². The Kier molecular flexibility index (Phi) is 4.24. The van der Waals surface area contributed by atoms with Crippen LogP contribution in [0.3, 0.4) is 0 Å². The van der Waals surface area contributed by atoms with E-state index in [1.54, 1.807) is 28.8 Å². The summed E-state index contributed by atoms with van der Waals surface area (Å²) < 4.78 is 1.75. The predicted octanol–water partition coefficient (Wildman–Crippen LogP) is 0.851. The van der Waals surface area contributed by atoms with E-state index in [-0.39, 0.29) is 11.8 Å². The van der Waals surface area contributed by atoms with Crippen LogP contribution in [0.5, 0.6) is 0 Å². The molecule has 9 nitrogen and oxygen atoms in total. The van der Waals surface area contributed by atoms with Crippen LogP contribution < -0.4 is 4.90 Å². The lowest BCUT2D eigenvalue weighted by Crippen LogP contribution is -2.49. The lowest BCUT2D eigenvalue weighted by molar-refractivity contribution is 0.0635. The van der Waals surface area contributed by atoms with Crippen molar-refractivity contribution in [3.8, 4) is 0 Å². The van der Waals surface area contributed by atoms with Crippen molar-refractivity contribution >= 4 is 23.3 Å². The van der Waals surface area contributed by atoms with Gasteiger partial charge in [-0.2, -0.15) is 4.52 Å². The Morgan fingerprint density at radius 3 is 2.24 bits per heavy atom. The molecule has 2 aliphatic heterocycles. The van der Waals surface area contributed by atoms with Crippen molar-refractivity contribution in [3.63, 3.8) is 0 Å². The molecule has 29 heavy (non-hydrogen) atoms. The molecule has 3 aromatic rings. The number of hydrogen-bond donors (Lipinski definition) is 0. The maximum Gasteiger partial charge on any atom is 0.261 e. The fraction of sp³-hybridized carbons (Fsp3) is 0.350. The van der Waals surface area contributed by atoms with Gasteiger partial charge < -0.3 is 4.90 Å². The molecule has 2 aromatic heterocycles. The van der Waals surface area contributed by atoms with Crippen LogP contribution in [0, 0.1) is 6.92 Å². The van der Waals surface area contributed by atoms with Gasteiger partial charge in [-0.05, 0) is 31.2 Å². The molecule has 0 radical (unpaired) electrons. The molecule has 2 amide bonds. The normalized spacial score (nSPS) is 17.4. The van der Waals surface area contributed by atoms with E-state index in [1.165, 1.54) is 4.90 Å². The summed E-state index contributed by atoms with van der Waals surface area (Å²) in [5, 5.41) is 12.8. The summed E-state index contributed by atoms with van der Waals surface area (Å²) in [6.45, 7) is 6.35. The van der Waals surface area contributed by atoms with Crippen LogP contribution >= 0.6 is 0 Å². The number of hydrogen-bond acceptors (Lipinski definition) is 7. The third-order valence-electron chi connectivity index (χ3n) is 5.62. The Morgan fingerprint density at radius 1 is 0.862 bits per heavy atom. The van der Waals surface area contributed by atoms with Gasteiger partial charge in [-0.1, -0.05) is 12.1 Å². The summed E-state index contributed by atoms with van der Waals surface area (Å²) in [7, 11) is 0. The minimum atomic E-state index is -0.189. The smallest absolute Gasteiger partial charge is 0.261 e. The van der Waals surface area contributed by atoms with Crippen molar-refractivity contribution in [2.45, 2.75) is 6.92 Å². The molecule has 0 unspecified atom stereocenters. The number of aryl methyl sites for hydroxylation is 1. The predicted molar refractivity (Wildman–Crippen MR) is 106 cm³/mol. The van der Waals surface area contributed by atoms with Crippen molar-refractivity contribution in [3.05, 3.63) is 53.3 Å². The van der Waals surface area contributed by atoms with E-state index in [1.807, 2.05) is 19.1 Å². The zero-order valence-electron chi connectivity index (χ0n) is 16.2. The second-order valence-corrected chi connectivity index (χ2v) is 7.34. The maximum atomic E-state index is 12.5. The lowest BCUT2D eigenvalue weighted by atomic mass is 10.1. The van der Waals surface area contributed by atoms with Gasteiger partial charge in [0, 0.05) is 39.3 Å². The van der Waals surface area contributed by atoms with Gasteiger partial charge in [0.25, 0.3) is 11.8 Å². The van der Waals surface area contributed by atoms with Gasteiger partial charge in [-0.25, -0.2) is 0 Å². The average molecular weight is 391 g/mol. The molecule has 4 heterocycles. The van der Waals surface area contributed by atoms with E-state index in [0.29, 0.717) is 24.2 Å². The van der Waals surface area contributed by atoms with Crippen molar-refractivity contribution in [1.29, 1.82) is 0 Å². The van der Waals surface area contributed by atoms with Gasteiger partial charge in [0.15, 0.2) is 11.5 Å². The molecule has 5 rings (SSSR count). The van der Waals surface area contributed by atoms with Gasteiger partial charge in [-0.15, -0.1) is 15.3 Å². The Bertz CT molecular complexity index is 1070. The summed E-state index contributed by atoms with van der Waals surface area (Å²) in [5.41, 5.74) is 1.76. The number of amides is 2. The topological polar surface area (TPSA) is 86.9 Å². The molecule has 2 aliphatic rings. The number of anilines is 1. The van der Waals surface area contributed by atoms with E-state index in [0.717, 1.165) is 43.5 Å². The first-order valence-electron chi connectivity index (χ1n) is 9.73. The highest BCUT2D eigenvalue weighted by Crippen LogP contribution is 2.22. The number of imide groups is 1. The maximum absolute atomic E-state index is 12.5. The number of aromatic nitrogens is 4. The monoisotopic (exact) mass is 391 g/mol. The molecule has 1 aromatic carbocycles. The third-order valence-corrected chi connectivity index (χ3v) is 5.62. The highest BCUT2D eigenvalue weighted by atomic mass is 16.2. The van der Waals surface area contributed by atoms with Crippen LogP contribution in [0.2, 0.25) is 0 Å². The molecule has 0 atom stereocenters. The zero-order chi connectivity index (χ0) is 20.0. The highest BCUT2D eigenvalue weighted by molar-refractivity contribution is 6.21. The van der Waals surface area contributed by atoms with Crippen molar-refractivity contribution in [1.82, 2.24) is 29.6 Å². The number of benzene rings is 1. The van der Waals surface area contributed by atoms with Crippen molar-refractivity contribution in [2.24, 2.45) is 0 Å². The molecule has 1 saturated heterocycles. The summed E-state index contributed by atoms with van der Waals surface area (Å²) in [5.74, 6) is 1.29. The van der Waals surface area contributed by atoms with E-state index in [9.17, 15) is 9.59 Å². The fourth-order valence-corrected chi connectivity index (χ4v) is 3.94. The Morgan fingerprint density at radius 2 is 1.55 bits per heavy atom. The van der Waals surface area contributed by atoms with Gasteiger partial charge in [0.1, 0.15) is 5.82 Å². The first kappa shape index (κ1) is 17.7. The van der Waals surface area contributed by atoms with E-state index >= 15 is 0 Å². The number of rotatable bonds is 4. The fourth-order valence-electron chi connectivity index (χ4n) is 3.94. The molecule has 0 aliphatic carbocycles. The Hall–Kier alpha value is -3.33. The van der Waals surface area contributed by atoms with Crippen LogP contribution in [0.25, 0.3) is 5.65 Å². The molecular formula is C20H21N7O2. The molecule has 1 fully saturated rings. The van der Waals surface area contributed by atoms with Crippen LogP contribution in [0.1, 0.15) is 26.5 Å². The molecule has 0 bridgehead atoms. The number of carbonyl (C=O) groups excluding carboxylic acids is 2. The van der Waals surface area contributed by atoms with E-state index < -0.39 is 0 Å². The summed E-state index contributed by atoms with van der Waals surface area (Å²) >= 11 is 0. The summed E-state index contributed by atoms with van der Waals surface area (Å²) in [4.78, 5) is 30.9. The standard InChI is InChI=1S/C20H21N7O2/c1-14-21-22-17-6-7-18(23-27(14)17)25-11-8-24(9-12-25)10-13-26-19(28)15-4-2-3-5-16(15)20(26)29/h2-7H,8-13H2,1H3. The first-order chi connectivity index (χ1) is 14.1. The quantitative estimate of drug-likeness (QED) is 0.610. The second-order valence-electron chi connectivity index (χ2n) is 7.34. The number of fused-ring (bicyclic) bond motifs is 2. The average Bonchev–Trinajstić information content (AvgIpc) is 3.25. The van der Waals surface area contributed by atoms with Crippen LogP contribution in [-0.2, 0) is 0 Å². The molecule has 0 saturated carbocycles. The molecule has 148 valence electrons. The van der Waals surface area contributed by atoms with Crippen LogP contribution in [-0.4, -0.2) is 80.7 Å². The van der Waals surface area contributed by atoms with Gasteiger partial charge >= 0.3 is 0 Å². The minimum absolute atomic E-state index is 0.189. The molecule has 0 N–H and O–H groups in total. The van der Waals surface area contributed by atoms with Gasteiger partial charge in [0.05, 0.1) is 11.1 Å². The minimum Gasteiger partial charge on any atom is -0.353 e.